The highest BCUT2D eigenvalue weighted by molar-refractivity contribution is 9.10. The standard InChI is InChI=1S/C11H11BrN4O3/c1-6-4-14-11(19-6)7(2)15-10-9(12)3-8(5-13-10)16(17)18/h3-5,7H,1-2H3,(H,13,15). The molecule has 2 aromatic heterocycles. The SMILES string of the molecule is Cc1cnc(C(C)Nc2ncc([N+](=O)[O-])cc2Br)o1. The second-order valence-electron chi connectivity index (χ2n) is 3.96. The normalized spacial score (nSPS) is 12.2. The Hall–Kier alpha value is -1.96. The first-order chi connectivity index (χ1) is 8.97. The number of rotatable bonds is 4. The van der Waals surface area contributed by atoms with Gasteiger partial charge < -0.3 is 9.73 Å². The van der Waals surface area contributed by atoms with Crippen molar-refractivity contribution in [2.75, 3.05) is 5.32 Å². The number of pyridine rings is 1. The number of aromatic nitrogens is 2. The number of anilines is 1. The topological polar surface area (TPSA) is 94.1 Å². The van der Waals surface area contributed by atoms with Crippen LogP contribution in [-0.4, -0.2) is 14.9 Å². The van der Waals surface area contributed by atoms with Gasteiger partial charge >= 0.3 is 0 Å². The minimum Gasteiger partial charge on any atom is -0.444 e. The van der Waals surface area contributed by atoms with Crippen LogP contribution in [0.15, 0.2) is 27.3 Å². The molecule has 100 valence electrons. The first kappa shape index (κ1) is 13.5. The molecule has 0 fully saturated rings. The van der Waals surface area contributed by atoms with Crippen LogP contribution >= 0.6 is 15.9 Å². The van der Waals surface area contributed by atoms with Crippen LogP contribution in [0.3, 0.4) is 0 Å². The van der Waals surface area contributed by atoms with Gasteiger partial charge in [0.1, 0.15) is 23.8 Å². The number of oxazole rings is 1. The van der Waals surface area contributed by atoms with Crippen molar-refractivity contribution in [1.29, 1.82) is 0 Å². The van der Waals surface area contributed by atoms with Crippen molar-refractivity contribution in [2.24, 2.45) is 0 Å². The molecule has 2 rings (SSSR count). The van der Waals surface area contributed by atoms with E-state index in [4.69, 9.17) is 4.42 Å². The van der Waals surface area contributed by atoms with E-state index in [2.05, 4.69) is 31.2 Å². The molecule has 2 heterocycles. The third kappa shape index (κ3) is 3.08. The summed E-state index contributed by atoms with van der Waals surface area (Å²) in [5.74, 6) is 1.75. The molecule has 19 heavy (non-hydrogen) atoms. The minimum absolute atomic E-state index is 0.0722. The quantitative estimate of drug-likeness (QED) is 0.684. The van der Waals surface area contributed by atoms with Crippen LogP contribution in [-0.2, 0) is 0 Å². The summed E-state index contributed by atoms with van der Waals surface area (Å²) >= 11 is 3.24. The molecule has 1 atom stereocenters. The van der Waals surface area contributed by atoms with Crippen molar-refractivity contribution in [3.05, 3.63) is 44.7 Å². The molecule has 0 aliphatic carbocycles. The van der Waals surface area contributed by atoms with Gasteiger partial charge in [-0.3, -0.25) is 10.1 Å². The smallest absolute Gasteiger partial charge is 0.288 e. The average Bonchev–Trinajstić information content (AvgIpc) is 2.78. The summed E-state index contributed by atoms with van der Waals surface area (Å²) in [6.45, 7) is 3.67. The van der Waals surface area contributed by atoms with Crippen LogP contribution in [0.2, 0.25) is 0 Å². The van der Waals surface area contributed by atoms with E-state index in [1.54, 1.807) is 6.20 Å². The van der Waals surface area contributed by atoms with Gasteiger partial charge in [0, 0.05) is 6.07 Å². The number of nitrogens with one attached hydrogen (secondary N) is 1. The Balaban J connectivity index is 2.17. The Morgan fingerprint density at radius 3 is 2.74 bits per heavy atom. The molecule has 1 unspecified atom stereocenters. The zero-order valence-electron chi connectivity index (χ0n) is 10.3. The van der Waals surface area contributed by atoms with Gasteiger partial charge in [0.15, 0.2) is 0 Å². The maximum Gasteiger partial charge on any atom is 0.288 e. The lowest BCUT2D eigenvalue weighted by atomic mass is 10.3. The summed E-state index contributed by atoms with van der Waals surface area (Å²) in [4.78, 5) is 18.2. The molecule has 0 aromatic carbocycles. The third-order valence-corrected chi connectivity index (χ3v) is 3.00. The minimum atomic E-state index is -0.498. The van der Waals surface area contributed by atoms with E-state index in [9.17, 15) is 10.1 Å². The number of hydrogen-bond acceptors (Lipinski definition) is 6. The van der Waals surface area contributed by atoms with Crippen molar-refractivity contribution >= 4 is 27.4 Å². The first-order valence-corrected chi connectivity index (χ1v) is 6.25. The first-order valence-electron chi connectivity index (χ1n) is 5.46. The molecule has 0 saturated carbocycles. The monoisotopic (exact) mass is 326 g/mol. The highest BCUT2D eigenvalue weighted by Gasteiger charge is 2.15. The molecule has 8 heteroatoms. The second kappa shape index (κ2) is 5.35. The van der Waals surface area contributed by atoms with Crippen molar-refractivity contribution in [1.82, 2.24) is 9.97 Å². The number of nitro groups is 1. The van der Waals surface area contributed by atoms with Crippen LogP contribution in [0, 0.1) is 17.0 Å². The van der Waals surface area contributed by atoms with E-state index in [-0.39, 0.29) is 11.7 Å². The molecule has 7 nitrogen and oxygen atoms in total. The van der Waals surface area contributed by atoms with Gasteiger partial charge in [-0.15, -0.1) is 0 Å². The Kier molecular flexibility index (Phi) is 3.79. The predicted molar refractivity (Wildman–Crippen MR) is 71.9 cm³/mol. The van der Waals surface area contributed by atoms with Crippen molar-refractivity contribution in [3.8, 4) is 0 Å². The van der Waals surface area contributed by atoms with Crippen LogP contribution in [0.1, 0.15) is 24.6 Å². The second-order valence-corrected chi connectivity index (χ2v) is 4.81. The Morgan fingerprint density at radius 1 is 1.47 bits per heavy atom. The molecule has 0 bridgehead atoms. The molecule has 2 aromatic rings. The van der Waals surface area contributed by atoms with Crippen LogP contribution < -0.4 is 5.32 Å². The number of nitrogens with zero attached hydrogens (tertiary/aromatic N) is 3. The fourth-order valence-electron chi connectivity index (χ4n) is 1.47. The third-order valence-electron chi connectivity index (χ3n) is 2.40. The zero-order valence-corrected chi connectivity index (χ0v) is 11.8. The molecule has 0 radical (unpaired) electrons. The number of halogens is 1. The van der Waals surface area contributed by atoms with Gasteiger partial charge in [-0.25, -0.2) is 9.97 Å². The van der Waals surface area contributed by atoms with E-state index >= 15 is 0 Å². The van der Waals surface area contributed by atoms with Gasteiger partial charge in [-0.05, 0) is 29.8 Å². The summed E-state index contributed by atoms with van der Waals surface area (Å²) < 4.78 is 5.91. The van der Waals surface area contributed by atoms with Crippen LogP contribution in [0.5, 0.6) is 0 Å². The lowest BCUT2D eigenvalue weighted by Crippen LogP contribution is -2.09. The summed E-state index contributed by atoms with van der Waals surface area (Å²) in [6.07, 6.45) is 2.83. The fourth-order valence-corrected chi connectivity index (χ4v) is 1.92. The number of aryl methyl sites for hydroxylation is 1. The highest BCUT2D eigenvalue weighted by atomic mass is 79.9. The molecule has 1 N–H and O–H groups in total. The Morgan fingerprint density at radius 2 is 2.21 bits per heavy atom. The average molecular weight is 327 g/mol. The summed E-state index contributed by atoms with van der Waals surface area (Å²) in [5.41, 5.74) is -0.0722. The van der Waals surface area contributed by atoms with Crippen molar-refractivity contribution in [2.45, 2.75) is 19.9 Å². The molecular weight excluding hydrogens is 316 g/mol. The van der Waals surface area contributed by atoms with E-state index in [0.717, 1.165) is 5.76 Å². The molecule has 0 amide bonds. The van der Waals surface area contributed by atoms with Crippen LogP contribution in [0.25, 0.3) is 0 Å². The molecule has 0 spiro atoms. The molecule has 0 aliphatic rings. The lowest BCUT2D eigenvalue weighted by Gasteiger charge is -2.12. The Labute approximate surface area is 117 Å². The van der Waals surface area contributed by atoms with Gasteiger partial charge in [0.2, 0.25) is 5.89 Å². The van der Waals surface area contributed by atoms with Crippen LogP contribution in [0.4, 0.5) is 11.5 Å². The summed E-state index contributed by atoms with van der Waals surface area (Å²) in [6, 6.07) is 1.20. The molecular formula is C11H11BrN4O3. The highest BCUT2D eigenvalue weighted by Crippen LogP contribution is 2.27. The maximum absolute atomic E-state index is 10.6. The lowest BCUT2D eigenvalue weighted by molar-refractivity contribution is -0.385. The predicted octanol–water partition coefficient (Wildman–Crippen LogP) is 3.22. The summed E-state index contributed by atoms with van der Waals surface area (Å²) in [7, 11) is 0. The van der Waals surface area contributed by atoms with Gasteiger partial charge in [0.05, 0.1) is 15.6 Å². The van der Waals surface area contributed by atoms with E-state index in [1.807, 2.05) is 13.8 Å². The number of hydrogen-bond donors (Lipinski definition) is 1. The van der Waals surface area contributed by atoms with Gasteiger partial charge in [-0.2, -0.15) is 0 Å². The van der Waals surface area contributed by atoms with E-state index in [1.165, 1.54) is 12.3 Å². The van der Waals surface area contributed by atoms with E-state index in [0.29, 0.717) is 16.2 Å². The molecule has 0 saturated heterocycles. The van der Waals surface area contributed by atoms with Crippen molar-refractivity contribution < 1.29 is 9.34 Å². The summed E-state index contributed by atoms with van der Waals surface area (Å²) in [5, 5.41) is 13.7. The van der Waals surface area contributed by atoms with Gasteiger partial charge in [-0.1, -0.05) is 0 Å². The largest absolute Gasteiger partial charge is 0.444 e. The van der Waals surface area contributed by atoms with Crippen molar-refractivity contribution in [3.63, 3.8) is 0 Å². The van der Waals surface area contributed by atoms with E-state index < -0.39 is 4.92 Å². The van der Waals surface area contributed by atoms with Gasteiger partial charge in [0.25, 0.3) is 5.69 Å². The zero-order chi connectivity index (χ0) is 14.0. The molecule has 0 aliphatic heterocycles. The fraction of sp³-hybridized carbons (Fsp3) is 0.273. The maximum atomic E-state index is 10.6. The Bertz CT molecular complexity index is 614.